The predicted octanol–water partition coefficient (Wildman–Crippen LogP) is 1.96. The van der Waals surface area contributed by atoms with E-state index in [4.69, 9.17) is 0 Å². The Kier molecular flexibility index (Phi) is 13.7. The fourth-order valence-corrected chi connectivity index (χ4v) is 2.68. The molecule has 0 saturated heterocycles. The molecule has 2 nitrogen and oxygen atoms in total. The number of rotatable bonds is 12. The zero-order chi connectivity index (χ0) is 15.3. The molecule has 0 radical (unpaired) electrons. The number of aryl methyl sites for hydroxylation is 1. The summed E-state index contributed by atoms with van der Waals surface area (Å²) in [6.45, 7) is 3.44. The maximum absolute atomic E-state index is 2.30. The molecule has 128 valence electrons. The molecule has 0 amide bonds. The van der Waals surface area contributed by atoms with Crippen LogP contribution in [0, 0.1) is 0 Å². The molecule has 0 aliphatic heterocycles. The summed E-state index contributed by atoms with van der Waals surface area (Å²) in [5.74, 6) is 0. The van der Waals surface area contributed by atoms with E-state index in [1.165, 1.54) is 69.9 Å². The van der Waals surface area contributed by atoms with Gasteiger partial charge in [0.1, 0.15) is 6.54 Å². The first-order chi connectivity index (χ1) is 10.2. The van der Waals surface area contributed by atoms with Crippen molar-refractivity contribution < 1.29 is 21.5 Å². The van der Waals surface area contributed by atoms with Crippen LogP contribution in [0.3, 0.4) is 0 Å². The molecule has 3 heteroatoms. The van der Waals surface area contributed by atoms with Crippen molar-refractivity contribution in [3.05, 3.63) is 24.5 Å². The second kappa shape index (κ2) is 14.0. The van der Waals surface area contributed by atoms with Gasteiger partial charge in [-0.2, -0.15) is 0 Å². The largest absolute Gasteiger partial charge is 1.00 e. The second-order valence-electron chi connectivity index (χ2n) is 6.37. The quantitative estimate of drug-likeness (QED) is 0.403. The molecule has 1 heterocycles. The van der Waals surface area contributed by atoms with Gasteiger partial charge in [-0.15, -0.1) is 0 Å². The Hall–Kier alpha value is -0.570. The fourth-order valence-electron chi connectivity index (χ4n) is 2.68. The molecule has 0 aromatic carbocycles. The van der Waals surface area contributed by atoms with E-state index in [9.17, 15) is 0 Å². The molecule has 0 saturated carbocycles. The summed E-state index contributed by atoms with van der Waals surface area (Å²) in [7, 11) is 4.17. The van der Waals surface area contributed by atoms with Crippen LogP contribution in [0.5, 0.6) is 0 Å². The van der Waals surface area contributed by atoms with Crippen LogP contribution in [0.1, 0.15) is 71.1 Å². The summed E-state index contributed by atoms with van der Waals surface area (Å²) in [5.41, 5.74) is 1.27. The molecule has 1 aromatic heterocycles. The summed E-state index contributed by atoms with van der Waals surface area (Å²) in [5, 5.41) is 0. The molecule has 0 N–H and O–H groups in total. The highest BCUT2D eigenvalue weighted by atomic mass is 79.9. The van der Waals surface area contributed by atoms with Gasteiger partial charge in [-0.1, -0.05) is 58.3 Å². The van der Waals surface area contributed by atoms with E-state index in [1.54, 1.807) is 0 Å². The molecule has 0 atom stereocenters. The lowest BCUT2D eigenvalue weighted by molar-refractivity contribution is -0.697. The normalized spacial score (nSPS) is 10.3. The lowest BCUT2D eigenvalue weighted by Gasteiger charge is -2.10. The van der Waals surface area contributed by atoms with E-state index in [1.807, 2.05) is 0 Å². The third-order valence-corrected chi connectivity index (χ3v) is 4.16. The molecule has 0 aliphatic carbocycles. The average molecular weight is 371 g/mol. The highest BCUT2D eigenvalue weighted by molar-refractivity contribution is 5.41. The smallest absolute Gasteiger partial charge is 0.170 e. The van der Waals surface area contributed by atoms with Gasteiger partial charge in [0.25, 0.3) is 0 Å². The Morgan fingerprint density at radius 1 is 0.773 bits per heavy atom. The van der Waals surface area contributed by atoms with Crippen LogP contribution in [-0.2, 0) is 6.54 Å². The maximum atomic E-state index is 2.30. The summed E-state index contributed by atoms with van der Waals surface area (Å²) < 4.78 is 2.30. The molecule has 0 spiro atoms. The monoisotopic (exact) mass is 370 g/mol. The number of pyridine rings is 1. The van der Waals surface area contributed by atoms with Crippen LogP contribution in [0.4, 0.5) is 5.69 Å². The van der Waals surface area contributed by atoms with E-state index in [-0.39, 0.29) is 17.0 Å². The van der Waals surface area contributed by atoms with Crippen molar-refractivity contribution in [2.75, 3.05) is 19.0 Å². The van der Waals surface area contributed by atoms with Crippen LogP contribution in [0.25, 0.3) is 0 Å². The summed E-state index contributed by atoms with van der Waals surface area (Å²) >= 11 is 0. The Labute approximate surface area is 148 Å². The molecular weight excluding hydrogens is 336 g/mol. The molecule has 0 aliphatic rings. The molecule has 0 bridgehead atoms. The predicted molar refractivity (Wildman–Crippen MR) is 92.8 cm³/mol. The van der Waals surface area contributed by atoms with Gasteiger partial charge < -0.3 is 21.9 Å². The van der Waals surface area contributed by atoms with Crippen LogP contribution in [-0.4, -0.2) is 14.1 Å². The van der Waals surface area contributed by atoms with Crippen molar-refractivity contribution in [2.45, 2.75) is 77.7 Å². The van der Waals surface area contributed by atoms with E-state index in [0.717, 1.165) is 6.54 Å². The third kappa shape index (κ3) is 10.2. The van der Waals surface area contributed by atoms with Crippen LogP contribution in [0.2, 0.25) is 0 Å². The Bertz CT molecular complexity index is 349. The Morgan fingerprint density at radius 3 is 1.68 bits per heavy atom. The topological polar surface area (TPSA) is 7.12 Å². The Balaban J connectivity index is 0.00000441. The lowest BCUT2D eigenvalue weighted by Crippen LogP contribution is -3.00. The minimum Gasteiger partial charge on any atom is -1.00 e. The number of unbranched alkanes of at least 4 members (excludes halogenated alkanes) is 9. The zero-order valence-electron chi connectivity index (χ0n) is 14.9. The number of aromatic nitrogens is 1. The van der Waals surface area contributed by atoms with E-state index in [0.29, 0.717) is 0 Å². The van der Waals surface area contributed by atoms with Gasteiger partial charge in [-0.05, 0) is 6.42 Å². The number of hydrogen-bond donors (Lipinski definition) is 0. The average Bonchev–Trinajstić information content (AvgIpc) is 2.49. The first-order valence-corrected chi connectivity index (χ1v) is 8.90. The van der Waals surface area contributed by atoms with Crippen LogP contribution >= 0.6 is 0 Å². The van der Waals surface area contributed by atoms with Crippen LogP contribution in [0.15, 0.2) is 24.5 Å². The second-order valence-corrected chi connectivity index (χ2v) is 6.37. The lowest BCUT2D eigenvalue weighted by atomic mass is 10.1. The molecule has 0 fully saturated rings. The number of halogens is 1. The van der Waals surface area contributed by atoms with E-state index >= 15 is 0 Å². The number of hydrogen-bond acceptors (Lipinski definition) is 1. The number of nitrogens with zero attached hydrogens (tertiary/aromatic N) is 2. The van der Waals surface area contributed by atoms with Crippen molar-refractivity contribution in [3.8, 4) is 0 Å². The molecule has 1 aromatic rings. The standard InChI is InChI=1S/C19H35N2.BrH/c1-4-5-6-7-8-9-10-11-12-13-16-21-17-14-19(15-18-21)20(2)3;/h14-15,17-18H,4-13,16H2,1-3H3;1H/q+1;/p-1. The van der Waals surface area contributed by atoms with E-state index in [2.05, 4.69) is 55.0 Å². The summed E-state index contributed by atoms with van der Waals surface area (Å²) in [6.07, 6.45) is 18.5. The Morgan fingerprint density at radius 2 is 1.23 bits per heavy atom. The van der Waals surface area contributed by atoms with Crippen molar-refractivity contribution in [1.82, 2.24) is 0 Å². The highest BCUT2D eigenvalue weighted by Gasteiger charge is 2.01. The molecule has 1 rings (SSSR count). The van der Waals surface area contributed by atoms with Gasteiger partial charge in [-0.3, -0.25) is 0 Å². The molecule has 22 heavy (non-hydrogen) atoms. The van der Waals surface area contributed by atoms with Crippen molar-refractivity contribution in [2.24, 2.45) is 0 Å². The molecule has 0 unspecified atom stereocenters. The van der Waals surface area contributed by atoms with Gasteiger partial charge >= 0.3 is 0 Å². The fraction of sp³-hybridized carbons (Fsp3) is 0.737. The van der Waals surface area contributed by atoms with Gasteiger partial charge in [0.05, 0.1) is 0 Å². The van der Waals surface area contributed by atoms with E-state index < -0.39 is 0 Å². The molecular formula is C19H35BrN2. The summed E-state index contributed by atoms with van der Waals surface area (Å²) in [6, 6.07) is 4.38. The summed E-state index contributed by atoms with van der Waals surface area (Å²) in [4.78, 5) is 2.14. The van der Waals surface area contributed by atoms with Crippen molar-refractivity contribution in [3.63, 3.8) is 0 Å². The third-order valence-electron chi connectivity index (χ3n) is 4.16. The number of anilines is 1. The SMILES string of the molecule is CCCCCCCCCCCC[n+]1ccc(N(C)C)cc1.[Br-]. The first kappa shape index (κ1) is 21.4. The van der Waals surface area contributed by atoms with Gasteiger partial charge in [0.2, 0.25) is 0 Å². The zero-order valence-corrected chi connectivity index (χ0v) is 16.4. The van der Waals surface area contributed by atoms with Gasteiger partial charge in [-0.25, -0.2) is 4.57 Å². The van der Waals surface area contributed by atoms with Crippen molar-refractivity contribution >= 4 is 5.69 Å². The minimum absolute atomic E-state index is 0. The van der Waals surface area contributed by atoms with Gasteiger partial charge in [0, 0.05) is 38.3 Å². The van der Waals surface area contributed by atoms with Crippen LogP contribution < -0.4 is 26.4 Å². The van der Waals surface area contributed by atoms with Gasteiger partial charge in [0.15, 0.2) is 12.4 Å². The first-order valence-electron chi connectivity index (χ1n) is 8.90. The van der Waals surface area contributed by atoms with Crippen molar-refractivity contribution in [1.29, 1.82) is 0 Å². The minimum atomic E-state index is 0. The highest BCUT2D eigenvalue weighted by Crippen LogP contribution is 2.10. The maximum Gasteiger partial charge on any atom is 0.170 e.